The molecule has 0 saturated heterocycles. The van der Waals surface area contributed by atoms with Crippen LogP contribution < -0.4 is 10.6 Å². The number of hydrogen-bond donors (Lipinski definition) is 2. The molecule has 126 valence electrons. The van der Waals surface area contributed by atoms with E-state index >= 15 is 0 Å². The molecular formula is C19H22N2O3. The highest BCUT2D eigenvalue weighted by Crippen LogP contribution is 2.16. The second-order valence-corrected chi connectivity index (χ2v) is 5.31. The van der Waals surface area contributed by atoms with Gasteiger partial charge in [0.25, 0.3) is 0 Å². The van der Waals surface area contributed by atoms with Crippen molar-refractivity contribution in [3.63, 3.8) is 0 Å². The van der Waals surface area contributed by atoms with Gasteiger partial charge in [0.2, 0.25) is 5.91 Å². The predicted molar refractivity (Wildman–Crippen MR) is 95.3 cm³/mol. The molecule has 0 bridgehead atoms. The van der Waals surface area contributed by atoms with Crippen LogP contribution in [-0.2, 0) is 16.0 Å². The molecule has 2 aromatic carbocycles. The first kappa shape index (κ1) is 17.5. The van der Waals surface area contributed by atoms with Gasteiger partial charge in [0.05, 0.1) is 18.4 Å². The highest BCUT2D eigenvalue weighted by atomic mass is 16.5. The lowest BCUT2D eigenvalue weighted by molar-refractivity contribution is -0.115. The SMILES string of the molecule is CCc1ccc(NCCC(=O)Nc2ccccc2C(=O)OC)cc1. The number of aryl methyl sites for hydroxylation is 1. The van der Waals surface area contributed by atoms with E-state index in [1.165, 1.54) is 12.7 Å². The zero-order chi connectivity index (χ0) is 17.4. The average Bonchev–Trinajstić information content (AvgIpc) is 2.62. The van der Waals surface area contributed by atoms with Crippen LogP contribution in [0.15, 0.2) is 48.5 Å². The molecule has 5 heteroatoms. The van der Waals surface area contributed by atoms with Crippen LogP contribution in [0.2, 0.25) is 0 Å². The fourth-order valence-corrected chi connectivity index (χ4v) is 2.27. The topological polar surface area (TPSA) is 67.4 Å². The first-order valence-electron chi connectivity index (χ1n) is 7.94. The molecule has 0 unspecified atom stereocenters. The van der Waals surface area contributed by atoms with Crippen molar-refractivity contribution in [2.45, 2.75) is 19.8 Å². The van der Waals surface area contributed by atoms with Gasteiger partial charge in [0.15, 0.2) is 0 Å². The molecule has 0 atom stereocenters. The van der Waals surface area contributed by atoms with Crippen molar-refractivity contribution in [3.05, 3.63) is 59.7 Å². The third-order valence-corrected chi connectivity index (χ3v) is 3.65. The minimum absolute atomic E-state index is 0.163. The van der Waals surface area contributed by atoms with E-state index < -0.39 is 5.97 Å². The van der Waals surface area contributed by atoms with Crippen molar-refractivity contribution in [2.75, 3.05) is 24.3 Å². The number of benzene rings is 2. The largest absolute Gasteiger partial charge is 0.465 e. The molecule has 2 N–H and O–H groups in total. The Morgan fingerprint density at radius 1 is 1.04 bits per heavy atom. The number of methoxy groups -OCH3 is 1. The lowest BCUT2D eigenvalue weighted by Crippen LogP contribution is -2.18. The van der Waals surface area contributed by atoms with Gasteiger partial charge < -0.3 is 15.4 Å². The van der Waals surface area contributed by atoms with Crippen LogP contribution in [0.25, 0.3) is 0 Å². The zero-order valence-corrected chi connectivity index (χ0v) is 14.0. The molecule has 2 rings (SSSR count). The summed E-state index contributed by atoms with van der Waals surface area (Å²) in [4.78, 5) is 23.7. The summed E-state index contributed by atoms with van der Waals surface area (Å²) in [6.07, 6.45) is 1.30. The number of esters is 1. The fraction of sp³-hybridized carbons (Fsp3) is 0.263. The quantitative estimate of drug-likeness (QED) is 0.765. The van der Waals surface area contributed by atoms with Crippen LogP contribution in [0.3, 0.4) is 0 Å². The van der Waals surface area contributed by atoms with Crippen LogP contribution in [0, 0.1) is 0 Å². The van der Waals surface area contributed by atoms with Gasteiger partial charge in [-0.3, -0.25) is 4.79 Å². The molecule has 0 fully saturated rings. The Morgan fingerprint density at radius 3 is 2.42 bits per heavy atom. The first-order chi connectivity index (χ1) is 11.6. The highest BCUT2D eigenvalue weighted by molar-refractivity contribution is 6.01. The van der Waals surface area contributed by atoms with E-state index in [0.29, 0.717) is 24.2 Å². The van der Waals surface area contributed by atoms with Gasteiger partial charge >= 0.3 is 5.97 Å². The molecule has 2 aromatic rings. The van der Waals surface area contributed by atoms with Gasteiger partial charge in [-0.05, 0) is 36.2 Å². The number of hydrogen-bond acceptors (Lipinski definition) is 4. The number of anilines is 2. The van der Waals surface area contributed by atoms with Crippen molar-refractivity contribution in [2.24, 2.45) is 0 Å². The van der Waals surface area contributed by atoms with E-state index in [0.717, 1.165) is 12.1 Å². The summed E-state index contributed by atoms with van der Waals surface area (Å²) in [6, 6.07) is 14.9. The average molecular weight is 326 g/mol. The minimum Gasteiger partial charge on any atom is -0.465 e. The number of ether oxygens (including phenoxy) is 1. The molecule has 0 aliphatic rings. The van der Waals surface area contributed by atoms with Crippen LogP contribution in [0.1, 0.15) is 29.3 Å². The Bertz CT molecular complexity index is 696. The lowest BCUT2D eigenvalue weighted by atomic mass is 10.1. The summed E-state index contributed by atoms with van der Waals surface area (Å²) in [6.45, 7) is 2.62. The Labute approximate surface area is 142 Å². The van der Waals surface area contributed by atoms with Crippen molar-refractivity contribution < 1.29 is 14.3 Å². The maximum absolute atomic E-state index is 12.1. The summed E-state index contributed by atoms with van der Waals surface area (Å²) in [5, 5.41) is 5.96. The van der Waals surface area contributed by atoms with Gasteiger partial charge in [-0.2, -0.15) is 0 Å². The molecule has 0 radical (unpaired) electrons. The molecule has 0 heterocycles. The number of rotatable bonds is 7. The molecular weight excluding hydrogens is 304 g/mol. The number of para-hydroxylation sites is 1. The smallest absolute Gasteiger partial charge is 0.339 e. The predicted octanol–water partition coefficient (Wildman–Crippen LogP) is 3.48. The van der Waals surface area contributed by atoms with Crippen LogP contribution in [-0.4, -0.2) is 25.5 Å². The normalized spacial score (nSPS) is 10.1. The summed E-state index contributed by atoms with van der Waals surface area (Å²) in [7, 11) is 1.31. The van der Waals surface area contributed by atoms with E-state index in [-0.39, 0.29) is 5.91 Å². The Balaban J connectivity index is 1.86. The maximum Gasteiger partial charge on any atom is 0.339 e. The molecule has 0 spiro atoms. The molecule has 0 saturated carbocycles. The van der Waals surface area contributed by atoms with E-state index in [4.69, 9.17) is 4.74 Å². The number of amides is 1. The highest BCUT2D eigenvalue weighted by Gasteiger charge is 2.12. The van der Waals surface area contributed by atoms with E-state index in [2.05, 4.69) is 29.7 Å². The van der Waals surface area contributed by atoms with Crippen molar-refractivity contribution in [1.29, 1.82) is 0 Å². The van der Waals surface area contributed by atoms with Crippen molar-refractivity contribution in [3.8, 4) is 0 Å². The summed E-state index contributed by atoms with van der Waals surface area (Å²) < 4.78 is 4.71. The third-order valence-electron chi connectivity index (χ3n) is 3.65. The van der Waals surface area contributed by atoms with Crippen LogP contribution >= 0.6 is 0 Å². The summed E-state index contributed by atoms with van der Waals surface area (Å²) in [5.41, 5.74) is 3.06. The van der Waals surface area contributed by atoms with E-state index in [1.807, 2.05) is 12.1 Å². The summed E-state index contributed by atoms with van der Waals surface area (Å²) in [5.74, 6) is -0.635. The number of carbonyl (C=O) groups is 2. The fourth-order valence-electron chi connectivity index (χ4n) is 2.27. The van der Waals surface area contributed by atoms with E-state index in [9.17, 15) is 9.59 Å². The van der Waals surface area contributed by atoms with E-state index in [1.54, 1.807) is 24.3 Å². The van der Waals surface area contributed by atoms with Gasteiger partial charge in [-0.1, -0.05) is 31.2 Å². The van der Waals surface area contributed by atoms with Gasteiger partial charge in [-0.15, -0.1) is 0 Å². The maximum atomic E-state index is 12.1. The molecule has 1 amide bonds. The van der Waals surface area contributed by atoms with Gasteiger partial charge in [-0.25, -0.2) is 4.79 Å². The first-order valence-corrected chi connectivity index (χ1v) is 7.94. The van der Waals surface area contributed by atoms with Gasteiger partial charge in [0.1, 0.15) is 0 Å². The molecule has 5 nitrogen and oxygen atoms in total. The third kappa shape index (κ3) is 4.84. The molecule has 0 aliphatic heterocycles. The summed E-state index contributed by atoms with van der Waals surface area (Å²) >= 11 is 0. The van der Waals surface area contributed by atoms with Gasteiger partial charge in [0, 0.05) is 18.7 Å². The second kappa shape index (κ2) is 8.72. The van der Waals surface area contributed by atoms with Crippen molar-refractivity contribution in [1.82, 2.24) is 0 Å². The standard InChI is InChI=1S/C19H22N2O3/c1-3-14-8-10-15(11-9-14)20-13-12-18(22)21-17-7-5-4-6-16(17)19(23)24-2/h4-11,20H,3,12-13H2,1-2H3,(H,21,22). The zero-order valence-electron chi connectivity index (χ0n) is 14.0. The second-order valence-electron chi connectivity index (χ2n) is 5.31. The molecule has 24 heavy (non-hydrogen) atoms. The monoisotopic (exact) mass is 326 g/mol. The molecule has 0 aromatic heterocycles. The number of carbonyl (C=O) groups excluding carboxylic acids is 2. The Morgan fingerprint density at radius 2 is 1.75 bits per heavy atom. The Hall–Kier alpha value is -2.82. The van der Waals surface area contributed by atoms with Crippen molar-refractivity contribution >= 4 is 23.3 Å². The number of nitrogens with one attached hydrogen (secondary N) is 2. The minimum atomic E-state index is -0.472. The Kier molecular flexibility index (Phi) is 6.37. The van der Waals surface area contributed by atoms with Crippen LogP contribution in [0.4, 0.5) is 11.4 Å². The van der Waals surface area contributed by atoms with Crippen LogP contribution in [0.5, 0.6) is 0 Å². The molecule has 0 aliphatic carbocycles. The lowest BCUT2D eigenvalue weighted by Gasteiger charge is -2.10.